The minimum absolute atomic E-state index is 0.250. The molecule has 0 bridgehead atoms. The lowest BCUT2D eigenvalue weighted by molar-refractivity contribution is 0.196. The van der Waals surface area contributed by atoms with Crippen molar-refractivity contribution in [3.63, 3.8) is 0 Å². The number of aliphatic hydroxyl groups excluding tert-OH is 1. The molecule has 0 aliphatic heterocycles. The van der Waals surface area contributed by atoms with E-state index in [1.807, 2.05) is 26.0 Å². The molecule has 0 amide bonds. The molecule has 1 heterocycles. The largest absolute Gasteiger partial charge is 0.392 e. The first kappa shape index (κ1) is 11.4. The summed E-state index contributed by atoms with van der Waals surface area (Å²) in [6.07, 6.45) is -0.250. The maximum Gasteiger partial charge on any atom is 0.0931 e. The standard InChI is InChI=1S/C9H13ClOS2/c1-6(11)7(2)12-5-8-3-4-9(10)13-8/h3-4,6-7,11H,5H2,1-2H3. The zero-order chi connectivity index (χ0) is 9.84. The van der Waals surface area contributed by atoms with Crippen LogP contribution < -0.4 is 0 Å². The highest BCUT2D eigenvalue weighted by Gasteiger charge is 2.09. The lowest BCUT2D eigenvalue weighted by Crippen LogP contribution is -2.15. The van der Waals surface area contributed by atoms with Gasteiger partial charge in [0.2, 0.25) is 0 Å². The van der Waals surface area contributed by atoms with Gasteiger partial charge in [-0.05, 0) is 19.1 Å². The Morgan fingerprint density at radius 2 is 2.23 bits per heavy atom. The molecule has 0 fully saturated rings. The van der Waals surface area contributed by atoms with Crippen molar-refractivity contribution in [2.24, 2.45) is 0 Å². The van der Waals surface area contributed by atoms with Crippen LogP contribution >= 0.6 is 34.7 Å². The molecular weight excluding hydrogens is 224 g/mol. The first-order valence-electron chi connectivity index (χ1n) is 4.13. The van der Waals surface area contributed by atoms with Gasteiger partial charge in [0.1, 0.15) is 0 Å². The average molecular weight is 237 g/mol. The van der Waals surface area contributed by atoms with Gasteiger partial charge < -0.3 is 5.11 Å². The lowest BCUT2D eigenvalue weighted by Gasteiger charge is -2.12. The highest BCUT2D eigenvalue weighted by molar-refractivity contribution is 7.99. The Hall–Kier alpha value is 0.300. The normalized spacial score (nSPS) is 15.7. The van der Waals surface area contributed by atoms with E-state index in [-0.39, 0.29) is 11.4 Å². The molecule has 2 atom stereocenters. The molecule has 0 aliphatic rings. The SMILES string of the molecule is CC(O)C(C)SCc1ccc(Cl)s1. The summed E-state index contributed by atoms with van der Waals surface area (Å²) in [6.45, 7) is 3.85. The van der Waals surface area contributed by atoms with Crippen molar-refractivity contribution in [3.05, 3.63) is 21.3 Å². The molecule has 4 heteroatoms. The van der Waals surface area contributed by atoms with E-state index in [2.05, 4.69) is 0 Å². The molecule has 0 saturated heterocycles. The quantitative estimate of drug-likeness (QED) is 0.865. The summed E-state index contributed by atoms with van der Waals surface area (Å²) >= 11 is 9.16. The fraction of sp³-hybridized carbons (Fsp3) is 0.556. The molecule has 1 aromatic heterocycles. The summed E-state index contributed by atoms with van der Waals surface area (Å²) in [4.78, 5) is 1.27. The summed E-state index contributed by atoms with van der Waals surface area (Å²) in [5.41, 5.74) is 0. The summed E-state index contributed by atoms with van der Waals surface area (Å²) < 4.78 is 0.834. The molecule has 0 saturated carbocycles. The molecule has 1 aromatic rings. The molecule has 1 nitrogen and oxygen atoms in total. The van der Waals surface area contributed by atoms with Gasteiger partial charge in [0.15, 0.2) is 0 Å². The van der Waals surface area contributed by atoms with Crippen molar-refractivity contribution in [2.45, 2.75) is 31.0 Å². The van der Waals surface area contributed by atoms with Crippen LogP contribution in [0.1, 0.15) is 18.7 Å². The monoisotopic (exact) mass is 236 g/mol. The summed E-state index contributed by atoms with van der Waals surface area (Å²) in [5, 5.41) is 9.54. The third-order valence-corrected chi connectivity index (χ3v) is 4.61. The van der Waals surface area contributed by atoms with Crippen LogP contribution in [0.25, 0.3) is 0 Å². The fourth-order valence-electron chi connectivity index (χ4n) is 0.782. The van der Waals surface area contributed by atoms with Crippen LogP contribution in [0.2, 0.25) is 4.34 Å². The van der Waals surface area contributed by atoms with Crippen molar-refractivity contribution in [1.29, 1.82) is 0 Å². The summed E-state index contributed by atoms with van der Waals surface area (Å²) in [5.74, 6) is 0.934. The first-order chi connectivity index (χ1) is 6.09. The van der Waals surface area contributed by atoms with Gasteiger partial charge >= 0.3 is 0 Å². The van der Waals surface area contributed by atoms with Crippen molar-refractivity contribution < 1.29 is 5.11 Å². The lowest BCUT2D eigenvalue weighted by atomic mass is 10.3. The zero-order valence-electron chi connectivity index (χ0n) is 7.66. The van der Waals surface area contributed by atoms with Crippen LogP contribution in [-0.4, -0.2) is 16.5 Å². The van der Waals surface area contributed by atoms with Gasteiger partial charge in [-0.2, -0.15) is 11.8 Å². The highest BCUT2D eigenvalue weighted by Crippen LogP contribution is 2.27. The number of aliphatic hydroxyl groups is 1. The van der Waals surface area contributed by atoms with Crippen LogP contribution in [0.5, 0.6) is 0 Å². The molecule has 74 valence electrons. The molecule has 13 heavy (non-hydrogen) atoms. The third-order valence-electron chi connectivity index (χ3n) is 1.80. The van der Waals surface area contributed by atoms with E-state index in [1.54, 1.807) is 23.1 Å². The smallest absolute Gasteiger partial charge is 0.0931 e. The van der Waals surface area contributed by atoms with Crippen LogP contribution in [0.3, 0.4) is 0 Å². The number of thiophene rings is 1. The van der Waals surface area contributed by atoms with Crippen LogP contribution in [-0.2, 0) is 5.75 Å². The Morgan fingerprint density at radius 3 is 2.69 bits per heavy atom. The number of rotatable bonds is 4. The van der Waals surface area contributed by atoms with E-state index in [1.165, 1.54) is 4.88 Å². The minimum atomic E-state index is -0.250. The maximum atomic E-state index is 9.26. The minimum Gasteiger partial charge on any atom is -0.392 e. The Labute approximate surface area is 92.1 Å². The fourth-order valence-corrected chi connectivity index (χ4v) is 2.91. The molecular formula is C9H13ClOS2. The Bertz CT molecular complexity index is 260. The predicted octanol–water partition coefficient (Wildman–Crippen LogP) is 3.40. The Kier molecular flexibility index (Phi) is 4.59. The molecule has 2 unspecified atom stereocenters. The molecule has 0 radical (unpaired) electrons. The third kappa shape index (κ3) is 3.90. The Morgan fingerprint density at radius 1 is 1.54 bits per heavy atom. The number of hydrogen-bond donors (Lipinski definition) is 1. The van der Waals surface area contributed by atoms with Gasteiger partial charge in [-0.1, -0.05) is 18.5 Å². The number of thioether (sulfide) groups is 1. The molecule has 0 aromatic carbocycles. The van der Waals surface area contributed by atoms with Gasteiger partial charge in [-0.3, -0.25) is 0 Å². The topological polar surface area (TPSA) is 20.2 Å². The number of hydrogen-bond acceptors (Lipinski definition) is 3. The van der Waals surface area contributed by atoms with Gasteiger partial charge in [0.25, 0.3) is 0 Å². The predicted molar refractivity (Wildman–Crippen MR) is 61.8 cm³/mol. The van der Waals surface area contributed by atoms with E-state index in [4.69, 9.17) is 11.6 Å². The second kappa shape index (κ2) is 5.25. The number of halogens is 1. The van der Waals surface area contributed by atoms with Crippen molar-refractivity contribution in [2.75, 3.05) is 0 Å². The van der Waals surface area contributed by atoms with Crippen LogP contribution in [0.15, 0.2) is 12.1 Å². The van der Waals surface area contributed by atoms with E-state index >= 15 is 0 Å². The van der Waals surface area contributed by atoms with Crippen LogP contribution in [0, 0.1) is 0 Å². The maximum absolute atomic E-state index is 9.26. The average Bonchev–Trinajstić information content (AvgIpc) is 2.47. The van der Waals surface area contributed by atoms with Crippen LogP contribution in [0.4, 0.5) is 0 Å². The second-order valence-electron chi connectivity index (χ2n) is 2.96. The molecule has 0 spiro atoms. The highest BCUT2D eigenvalue weighted by atomic mass is 35.5. The Balaban J connectivity index is 2.35. The summed E-state index contributed by atoms with van der Waals surface area (Å²) in [6, 6.07) is 3.95. The van der Waals surface area contributed by atoms with Crippen molar-refractivity contribution in [3.8, 4) is 0 Å². The second-order valence-corrected chi connectivity index (χ2v) is 6.13. The first-order valence-corrected chi connectivity index (χ1v) is 6.38. The molecule has 0 aliphatic carbocycles. The zero-order valence-corrected chi connectivity index (χ0v) is 10.0. The van der Waals surface area contributed by atoms with E-state index in [0.29, 0.717) is 0 Å². The summed E-state index contributed by atoms with van der Waals surface area (Å²) in [7, 11) is 0. The molecule has 1 N–H and O–H groups in total. The van der Waals surface area contributed by atoms with Gasteiger partial charge in [0.05, 0.1) is 10.4 Å². The van der Waals surface area contributed by atoms with E-state index < -0.39 is 0 Å². The van der Waals surface area contributed by atoms with E-state index in [0.717, 1.165) is 10.1 Å². The van der Waals surface area contributed by atoms with Gasteiger partial charge in [-0.25, -0.2) is 0 Å². The van der Waals surface area contributed by atoms with Gasteiger partial charge in [0, 0.05) is 15.9 Å². The van der Waals surface area contributed by atoms with E-state index in [9.17, 15) is 5.11 Å². The molecule has 1 rings (SSSR count). The van der Waals surface area contributed by atoms with Gasteiger partial charge in [-0.15, -0.1) is 11.3 Å². The van der Waals surface area contributed by atoms with Crippen molar-refractivity contribution >= 4 is 34.7 Å². The van der Waals surface area contributed by atoms with Crippen molar-refractivity contribution in [1.82, 2.24) is 0 Å².